The molecule has 0 amide bonds. The second-order valence-electron chi connectivity index (χ2n) is 3.47. The normalized spacial score (nSPS) is 13.7. The smallest absolute Gasteiger partial charge is 0.374 e. The Kier molecular flexibility index (Phi) is 5.13. The van der Waals surface area contributed by atoms with Crippen LogP contribution >= 0.6 is 11.5 Å². The summed E-state index contributed by atoms with van der Waals surface area (Å²) in [6, 6.07) is 0. The summed E-state index contributed by atoms with van der Waals surface area (Å²) in [5.74, 6) is 0. The van der Waals surface area contributed by atoms with Crippen molar-refractivity contribution in [3.63, 3.8) is 0 Å². The Bertz CT molecular complexity index is 342. The highest BCUT2D eigenvalue weighted by Gasteiger charge is 2.37. The van der Waals surface area contributed by atoms with E-state index in [1.807, 2.05) is 6.92 Å². The third-order valence-electron chi connectivity index (χ3n) is 2.02. The van der Waals surface area contributed by atoms with Crippen LogP contribution in [0.2, 0.25) is 0 Å². The first-order valence-corrected chi connectivity index (χ1v) is 5.96. The Hall–Kier alpha value is -0.890. The molecule has 0 fully saturated rings. The van der Waals surface area contributed by atoms with Crippen LogP contribution < -0.4 is 5.32 Å². The average molecular weight is 269 g/mol. The maximum absolute atomic E-state index is 12.2. The molecular formula is C9H14F3N3OS. The number of ether oxygens (including phenoxy) is 1. The van der Waals surface area contributed by atoms with Crippen molar-refractivity contribution >= 4 is 16.5 Å². The lowest BCUT2D eigenvalue weighted by Gasteiger charge is -2.15. The van der Waals surface area contributed by atoms with Crippen LogP contribution in [0.25, 0.3) is 0 Å². The standard InChI is InChI=1S/C9H14F3N3OS/c1-3-4-13-8-7(14-15-17-8)5-16-6(2)9(10,11)12/h6,13H,3-5H2,1-2H3. The molecule has 8 heteroatoms. The minimum Gasteiger partial charge on any atom is -0.374 e. The SMILES string of the molecule is CCCNc1snnc1COC(C)C(F)(F)F. The summed E-state index contributed by atoms with van der Waals surface area (Å²) in [6.45, 7) is 3.50. The zero-order chi connectivity index (χ0) is 12.9. The van der Waals surface area contributed by atoms with Gasteiger partial charge in [-0.25, -0.2) is 0 Å². The fourth-order valence-electron chi connectivity index (χ4n) is 0.974. The van der Waals surface area contributed by atoms with Crippen LogP contribution in [0.3, 0.4) is 0 Å². The van der Waals surface area contributed by atoms with Gasteiger partial charge in [-0.1, -0.05) is 11.4 Å². The van der Waals surface area contributed by atoms with E-state index in [-0.39, 0.29) is 6.61 Å². The predicted octanol–water partition coefficient (Wildman–Crippen LogP) is 2.83. The maximum atomic E-state index is 12.2. The molecule has 0 saturated carbocycles. The first kappa shape index (κ1) is 14.2. The van der Waals surface area contributed by atoms with Crippen molar-refractivity contribution in [2.75, 3.05) is 11.9 Å². The van der Waals surface area contributed by atoms with Gasteiger partial charge in [-0.3, -0.25) is 0 Å². The monoisotopic (exact) mass is 269 g/mol. The number of hydrogen-bond acceptors (Lipinski definition) is 5. The van der Waals surface area contributed by atoms with Gasteiger partial charge < -0.3 is 10.1 Å². The predicted molar refractivity (Wildman–Crippen MR) is 59.0 cm³/mol. The molecule has 1 N–H and O–H groups in total. The van der Waals surface area contributed by atoms with Gasteiger partial charge in [-0.2, -0.15) is 13.2 Å². The Morgan fingerprint density at radius 2 is 2.18 bits per heavy atom. The van der Waals surface area contributed by atoms with Crippen molar-refractivity contribution in [3.8, 4) is 0 Å². The molecule has 1 unspecified atom stereocenters. The van der Waals surface area contributed by atoms with E-state index >= 15 is 0 Å². The Balaban J connectivity index is 2.49. The molecule has 1 aromatic rings. The first-order valence-electron chi connectivity index (χ1n) is 5.18. The van der Waals surface area contributed by atoms with Crippen LogP contribution in [0.4, 0.5) is 18.2 Å². The van der Waals surface area contributed by atoms with Crippen molar-refractivity contribution in [3.05, 3.63) is 5.69 Å². The van der Waals surface area contributed by atoms with Crippen LogP contribution in [0.1, 0.15) is 26.0 Å². The van der Waals surface area contributed by atoms with E-state index in [0.29, 0.717) is 10.7 Å². The minimum absolute atomic E-state index is 0.191. The van der Waals surface area contributed by atoms with E-state index in [1.54, 1.807) is 0 Å². The molecule has 0 bridgehead atoms. The lowest BCUT2D eigenvalue weighted by Crippen LogP contribution is -2.28. The molecule has 17 heavy (non-hydrogen) atoms. The molecule has 0 aliphatic heterocycles. The van der Waals surface area contributed by atoms with E-state index < -0.39 is 12.3 Å². The highest BCUT2D eigenvalue weighted by atomic mass is 32.1. The van der Waals surface area contributed by atoms with Crippen LogP contribution in [-0.2, 0) is 11.3 Å². The van der Waals surface area contributed by atoms with Gasteiger partial charge in [0.1, 0.15) is 10.7 Å². The van der Waals surface area contributed by atoms with Gasteiger partial charge in [0.15, 0.2) is 6.10 Å². The van der Waals surface area contributed by atoms with Crippen molar-refractivity contribution in [1.82, 2.24) is 9.59 Å². The average Bonchev–Trinajstić information content (AvgIpc) is 2.69. The third-order valence-corrected chi connectivity index (χ3v) is 2.75. The molecule has 0 spiro atoms. The highest BCUT2D eigenvalue weighted by Crippen LogP contribution is 2.25. The first-order chi connectivity index (χ1) is 7.95. The zero-order valence-electron chi connectivity index (χ0n) is 9.54. The number of alkyl halides is 3. The Morgan fingerprint density at radius 3 is 2.76 bits per heavy atom. The molecule has 0 saturated heterocycles. The summed E-state index contributed by atoms with van der Waals surface area (Å²) < 4.78 is 45.0. The minimum atomic E-state index is -4.35. The van der Waals surface area contributed by atoms with Crippen LogP contribution in [0.5, 0.6) is 0 Å². The van der Waals surface area contributed by atoms with E-state index in [4.69, 9.17) is 4.74 Å². The molecule has 1 rings (SSSR count). The fraction of sp³-hybridized carbons (Fsp3) is 0.778. The largest absolute Gasteiger partial charge is 0.414 e. The van der Waals surface area contributed by atoms with E-state index in [2.05, 4.69) is 14.9 Å². The van der Waals surface area contributed by atoms with Crippen LogP contribution in [-0.4, -0.2) is 28.4 Å². The number of nitrogens with one attached hydrogen (secondary N) is 1. The highest BCUT2D eigenvalue weighted by molar-refractivity contribution is 7.10. The number of aromatic nitrogens is 2. The molecule has 0 aromatic carbocycles. The molecule has 1 aromatic heterocycles. The number of hydrogen-bond donors (Lipinski definition) is 1. The zero-order valence-corrected chi connectivity index (χ0v) is 10.4. The van der Waals surface area contributed by atoms with Gasteiger partial charge in [0, 0.05) is 18.1 Å². The van der Waals surface area contributed by atoms with Gasteiger partial charge in [-0.05, 0) is 13.3 Å². The van der Waals surface area contributed by atoms with E-state index in [9.17, 15) is 13.2 Å². The van der Waals surface area contributed by atoms with Gasteiger partial charge in [0.25, 0.3) is 0 Å². The van der Waals surface area contributed by atoms with Crippen molar-refractivity contribution in [2.24, 2.45) is 0 Å². The topological polar surface area (TPSA) is 47.0 Å². The molecule has 0 aliphatic carbocycles. The second-order valence-corrected chi connectivity index (χ2v) is 4.22. The molecule has 1 atom stereocenters. The molecule has 4 nitrogen and oxygen atoms in total. The van der Waals surface area contributed by atoms with E-state index in [0.717, 1.165) is 31.4 Å². The van der Waals surface area contributed by atoms with Crippen molar-refractivity contribution in [2.45, 2.75) is 39.2 Å². The molecular weight excluding hydrogens is 255 g/mol. The van der Waals surface area contributed by atoms with Gasteiger partial charge >= 0.3 is 6.18 Å². The van der Waals surface area contributed by atoms with Crippen molar-refractivity contribution in [1.29, 1.82) is 0 Å². The van der Waals surface area contributed by atoms with Crippen molar-refractivity contribution < 1.29 is 17.9 Å². The maximum Gasteiger partial charge on any atom is 0.414 e. The van der Waals surface area contributed by atoms with Gasteiger partial charge in [-0.15, -0.1) is 5.10 Å². The summed E-state index contributed by atoms with van der Waals surface area (Å²) in [4.78, 5) is 0. The Morgan fingerprint density at radius 1 is 1.47 bits per heavy atom. The number of rotatable bonds is 6. The van der Waals surface area contributed by atoms with E-state index in [1.165, 1.54) is 0 Å². The lowest BCUT2D eigenvalue weighted by atomic mass is 10.4. The lowest BCUT2D eigenvalue weighted by molar-refractivity contribution is -0.217. The van der Waals surface area contributed by atoms with Crippen LogP contribution in [0.15, 0.2) is 0 Å². The summed E-state index contributed by atoms with van der Waals surface area (Å²) in [5, 5.41) is 7.44. The number of anilines is 1. The Labute approximate surface area is 101 Å². The summed E-state index contributed by atoms with van der Waals surface area (Å²) >= 11 is 1.12. The number of halogens is 3. The second kappa shape index (κ2) is 6.15. The summed E-state index contributed by atoms with van der Waals surface area (Å²) in [7, 11) is 0. The number of nitrogens with zero attached hydrogens (tertiary/aromatic N) is 2. The third kappa shape index (κ3) is 4.47. The molecule has 0 aliphatic rings. The summed E-state index contributed by atoms with van der Waals surface area (Å²) in [6.07, 6.45) is -5.24. The molecule has 98 valence electrons. The fourth-order valence-corrected chi connectivity index (χ4v) is 1.57. The quantitative estimate of drug-likeness (QED) is 0.862. The van der Waals surface area contributed by atoms with Gasteiger partial charge in [0.05, 0.1) is 6.61 Å². The van der Waals surface area contributed by atoms with Gasteiger partial charge in [0.2, 0.25) is 0 Å². The van der Waals surface area contributed by atoms with Crippen LogP contribution in [0, 0.1) is 0 Å². The summed E-state index contributed by atoms with van der Waals surface area (Å²) in [5.41, 5.74) is 0.416. The molecule has 1 heterocycles. The molecule has 0 radical (unpaired) electrons.